The summed E-state index contributed by atoms with van der Waals surface area (Å²) in [5.74, 6) is -0.599. The van der Waals surface area contributed by atoms with Crippen LogP contribution in [0.3, 0.4) is 0 Å². The Balaban J connectivity index is 2.61. The summed E-state index contributed by atoms with van der Waals surface area (Å²) >= 11 is 0. The van der Waals surface area contributed by atoms with Crippen molar-refractivity contribution in [1.82, 2.24) is 20.2 Å². The molecule has 7 heteroatoms. The number of aromatic nitrogens is 2. The van der Waals surface area contributed by atoms with E-state index in [-0.39, 0.29) is 18.5 Å². The molecule has 2 unspecified atom stereocenters. The summed E-state index contributed by atoms with van der Waals surface area (Å²) in [7, 11) is 1.68. The topological polar surface area (TPSA) is 98.3 Å². The van der Waals surface area contributed by atoms with E-state index >= 15 is 0 Å². The van der Waals surface area contributed by atoms with Crippen LogP contribution < -0.4 is 5.32 Å². The molecule has 0 aliphatic rings. The molecule has 118 valence electrons. The van der Waals surface area contributed by atoms with Gasteiger partial charge in [-0.3, -0.25) is 0 Å². The Hall–Kier alpha value is -2.05. The van der Waals surface area contributed by atoms with Crippen LogP contribution >= 0.6 is 0 Å². The van der Waals surface area contributed by atoms with Crippen molar-refractivity contribution >= 4 is 12.0 Å². The molecule has 0 bridgehead atoms. The van der Waals surface area contributed by atoms with E-state index in [2.05, 4.69) is 29.1 Å². The number of carboxylic acids is 1. The van der Waals surface area contributed by atoms with Gasteiger partial charge >= 0.3 is 12.0 Å². The number of carboxylic acid groups (broad SMARTS) is 1. The zero-order valence-corrected chi connectivity index (χ0v) is 13.0. The molecule has 0 saturated carbocycles. The van der Waals surface area contributed by atoms with Gasteiger partial charge in [0.25, 0.3) is 0 Å². The number of rotatable bonds is 7. The van der Waals surface area contributed by atoms with E-state index in [0.717, 1.165) is 6.42 Å². The predicted octanol–water partition coefficient (Wildman–Crippen LogP) is 1.48. The van der Waals surface area contributed by atoms with Crippen molar-refractivity contribution in [3.05, 3.63) is 18.2 Å². The Morgan fingerprint density at radius 3 is 2.57 bits per heavy atom. The van der Waals surface area contributed by atoms with Gasteiger partial charge in [-0.1, -0.05) is 13.8 Å². The van der Waals surface area contributed by atoms with Crippen LogP contribution in [0.1, 0.15) is 32.9 Å². The molecule has 0 aliphatic carbocycles. The summed E-state index contributed by atoms with van der Waals surface area (Å²) in [6, 6.07) is -1.31. The lowest BCUT2D eigenvalue weighted by molar-refractivity contribution is -0.139. The molecule has 1 rings (SSSR count). The molecule has 0 radical (unpaired) electrons. The standard InChI is InChI=1S/C14H24N4O3/c1-9(2)5-10(3)18(4)14(21)17-12(13(19)20)6-11-7-15-8-16-11/h7-10,12H,5-6H2,1-4H3,(H,15,16)(H,17,21)(H,19,20). The Labute approximate surface area is 124 Å². The highest BCUT2D eigenvalue weighted by Crippen LogP contribution is 2.10. The fourth-order valence-corrected chi connectivity index (χ4v) is 2.11. The van der Waals surface area contributed by atoms with Gasteiger partial charge < -0.3 is 20.3 Å². The van der Waals surface area contributed by atoms with E-state index in [1.807, 2.05) is 6.92 Å². The number of urea groups is 1. The zero-order chi connectivity index (χ0) is 16.0. The first kappa shape index (κ1) is 17.0. The minimum Gasteiger partial charge on any atom is -0.480 e. The van der Waals surface area contributed by atoms with E-state index in [9.17, 15) is 14.7 Å². The second-order valence-corrected chi connectivity index (χ2v) is 5.71. The molecule has 1 aromatic heterocycles. The summed E-state index contributed by atoms with van der Waals surface area (Å²) in [4.78, 5) is 31.6. The predicted molar refractivity (Wildman–Crippen MR) is 78.9 cm³/mol. The highest BCUT2D eigenvalue weighted by molar-refractivity contribution is 5.82. The van der Waals surface area contributed by atoms with Crippen molar-refractivity contribution in [1.29, 1.82) is 0 Å². The number of hydrogen-bond acceptors (Lipinski definition) is 3. The molecule has 0 spiro atoms. The first-order valence-electron chi connectivity index (χ1n) is 7.04. The molecule has 0 fully saturated rings. The molecule has 7 nitrogen and oxygen atoms in total. The number of amides is 2. The van der Waals surface area contributed by atoms with Gasteiger partial charge in [0, 0.05) is 31.4 Å². The first-order chi connectivity index (χ1) is 9.81. The second kappa shape index (κ2) is 7.66. The largest absolute Gasteiger partial charge is 0.480 e. The van der Waals surface area contributed by atoms with Gasteiger partial charge in [0.15, 0.2) is 0 Å². The van der Waals surface area contributed by atoms with Crippen LogP contribution in [0.15, 0.2) is 12.5 Å². The summed E-state index contributed by atoms with van der Waals surface area (Å²) in [6.45, 7) is 6.12. The lowest BCUT2D eigenvalue weighted by atomic mass is 10.0. The van der Waals surface area contributed by atoms with Crippen molar-refractivity contribution in [3.8, 4) is 0 Å². The van der Waals surface area contributed by atoms with Gasteiger partial charge in [0.2, 0.25) is 0 Å². The number of carbonyl (C=O) groups is 2. The van der Waals surface area contributed by atoms with E-state index in [0.29, 0.717) is 11.6 Å². The van der Waals surface area contributed by atoms with E-state index < -0.39 is 12.0 Å². The molecule has 1 heterocycles. The van der Waals surface area contributed by atoms with Gasteiger partial charge in [0.05, 0.1) is 6.33 Å². The maximum absolute atomic E-state index is 12.1. The van der Waals surface area contributed by atoms with Crippen molar-refractivity contribution in [3.63, 3.8) is 0 Å². The van der Waals surface area contributed by atoms with Crippen LogP contribution in [-0.4, -0.2) is 51.1 Å². The molecule has 2 amide bonds. The van der Waals surface area contributed by atoms with Gasteiger partial charge in [-0.05, 0) is 19.3 Å². The van der Waals surface area contributed by atoms with Crippen LogP contribution in [0.5, 0.6) is 0 Å². The van der Waals surface area contributed by atoms with Gasteiger partial charge in [-0.2, -0.15) is 0 Å². The van der Waals surface area contributed by atoms with Crippen molar-refractivity contribution in [2.24, 2.45) is 5.92 Å². The van der Waals surface area contributed by atoms with Crippen LogP contribution in [0.25, 0.3) is 0 Å². The molecular weight excluding hydrogens is 272 g/mol. The van der Waals surface area contributed by atoms with E-state index in [4.69, 9.17) is 0 Å². The minimum atomic E-state index is -1.07. The number of aromatic amines is 1. The Morgan fingerprint density at radius 1 is 1.43 bits per heavy atom. The normalized spacial score (nSPS) is 13.8. The van der Waals surface area contributed by atoms with Gasteiger partial charge in [-0.15, -0.1) is 0 Å². The highest BCUT2D eigenvalue weighted by Gasteiger charge is 2.24. The molecule has 0 aromatic carbocycles. The Kier molecular flexibility index (Phi) is 6.20. The first-order valence-corrected chi connectivity index (χ1v) is 7.04. The van der Waals surface area contributed by atoms with Crippen molar-refractivity contribution < 1.29 is 14.7 Å². The van der Waals surface area contributed by atoms with E-state index in [1.165, 1.54) is 6.33 Å². The van der Waals surface area contributed by atoms with Gasteiger partial charge in [0.1, 0.15) is 6.04 Å². The monoisotopic (exact) mass is 296 g/mol. The lowest BCUT2D eigenvalue weighted by Crippen LogP contribution is -2.50. The van der Waals surface area contributed by atoms with E-state index in [1.54, 1.807) is 18.1 Å². The number of nitrogens with one attached hydrogen (secondary N) is 2. The lowest BCUT2D eigenvalue weighted by Gasteiger charge is -2.28. The smallest absolute Gasteiger partial charge is 0.326 e. The van der Waals surface area contributed by atoms with Crippen LogP contribution in [-0.2, 0) is 11.2 Å². The molecule has 3 N–H and O–H groups in total. The average molecular weight is 296 g/mol. The molecule has 2 atom stereocenters. The third kappa shape index (κ3) is 5.45. The molecule has 21 heavy (non-hydrogen) atoms. The van der Waals surface area contributed by atoms with Crippen molar-refractivity contribution in [2.45, 2.75) is 45.7 Å². The summed E-state index contributed by atoms with van der Waals surface area (Å²) < 4.78 is 0. The van der Waals surface area contributed by atoms with Crippen LogP contribution in [0.2, 0.25) is 0 Å². The van der Waals surface area contributed by atoms with Gasteiger partial charge in [-0.25, -0.2) is 14.6 Å². The SMILES string of the molecule is CC(C)CC(C)N(C)C(=O)NC(Cc1cnc[nH]1)C(=O)O. The minimum absolute atomic E-state index is 0.0478. The number of H-pyrrole nitrogens is 1. The van der Waals surface area contributed by atoms with Crippen LogP contribution in [0.4, 0.5) is 4.79 Å². The summed E-state index contributed by atoms with van der Waals surface area (Å²) in [6.07, 6.45) is 4.07. The Morgan fingerprint density at radius 2 is 2.10 bits per heavy atom. The number of imidazole rings is 1. The quantitative estimate of drug-likeness (QED) is 0.709. The Bertz CT molecular complexity index is 459. The highest BCUT2D eigenvalue weighted by atomic mass is 16.4. The molecule has 0 saturated heterocycles. The third-order valence-corrected chi connectivity index (χ3v) is 3.37. The number of aliphatic carboxylic acids is 1. The molecule has 0 aliphatic heterocycles. The fourth-order valence-electron chi connectivity index (χ4n) is 2.11. The van der Waals surface area contributed by atoms with Crippen LogP contribution in [0, 0.1) is 5.92 Å². The number of nitrogens with zero attached hydrogens (tertiary/aromatic N) is 2. The maximum atomic E-state index is 12.1. The fraction of sp³-hybridized carbons (Fsp3) is 0.643. The zero-order valence-electron chi connectivity index (χ0n) is 13.0. The summed E-state index contributed by atoms with van der Waals surface area (Å²) in [5.41, 5.74) is 0.667. The molecular formula is C14H24N4O3. The second-order valence-electron chi connectivity index (χ2n) is 5.71. The number of hydrogen-bond donors (Lipinski definition) is 3. The molecule has 1 aromatic rings. The number of carbonyl (C=O) groups excluding carboxylic acids is 1. The third-order valence-electron chi connectivity index (χ3n) is 3.37. The maximum Gasteiger partial charge on any atom is 0.326 e. The summed E-state index contributed by atoms with van der Waals surface area (Å²) in [5, 5.41) is 11.8. The average Bonchev–Trinajstić information content (AvgIpc) is 2.88. The van der Waals surface area contributed by atoms with Crippen molar-refractivity contribution in [2.75, 3.05) is 7.05 Å².